The molecular weight excluding hydrogens is 362 g/mol. The molecule has 0 radical (unpaired) electrons. The minimum absolute atomic E-state index is 0.103. The summed E-state index contributed by atoms with van der Waals surface area (Å²) in [7, 11) is 3.88. The number of likely N-dealkylation sites (N-methyl/N-ethyl adjacent to an activating group) is 1. The van der Waals surface area contributed by atoms with Gasteiger partial charge in [-0.1, -0.05) is 11.6 Å². The first-order valence-corrected chi connectivity index (χ1v) is 9.39. The Morgan fingerprint density at radius 1 is 1.11 bits per heavy atom. The molecule has 0 N–H and O–H groups in total. The van der Waals surface area contributed by atoms with Crippen molar-refractivity contribution < 1.29 is 0 Å². The number of pyridine rings is 1. The highest BCUT2D eigenvalue weighted by Crippen LogP contribution is 2.29. The van der Waals surface area contributed by atoms with Crippen molar-refractivity contribution in [3.8, 4) is 11.4 Å². The van der Waals surface area contributed by atoms with Crippen LogP contribution >= 0.6 is 11.6 Å². The van der Waals surface area contributed by atoms with Crippen molar-refractivity contribution in [1.82, 2.24) is 19.4 Å². The van der Waals surface area contributed by atoms with Crippen molar-refractivity contribution in [2.75, 3.05) is 38.1 Å². The molecule has 0 aliphatic carbocycles. The van der Waals surface area contributed by atoms with E-state index in [1.165, 1.54) is 0 Å². The molecule has 1 aliphatic heterocycles. The summed E-state index contributed by atoms with van der Waals surface area (Å²) in [5, 5.41) is 1.09. The van der Waals surface area contributed by atoms with Gasteiger partial charge in [-0.15, -0.1) is 0 Å². The molecule has 140 valence electrons. The van der Waals surface area contributed by atoms with Crippen molar-refractivity contribution in [3.05, 3.63) is 51.4 Å². The predicted molar refractivity (Wildman–Crippen MR) is 110 cm³/mol. The lowest BCUT2D eigenvalue weighted by molar-refractivity contribution is 0.312. The lowest BCUT2D eigenvalue weighted by Gasteiger charge is -2.34. The van der Waals surface area contributed by atoms with E-state index in [1.54, 1.807) is 23.9 Å². The summed E-state index contributed by atoms with van der Waals surface area (Å²) in [6.07, 6.45) is 1.79. The van der Waals surface area contributed by atoms with Crippen molar-refractivity contribution in [2.24, 2.45) is 7.05 Å². The second-order valence-electron chi connectivity index (χ2n) is 7.08. The summed E-state index contributed by atoms with van der Waals surface area (Å²) < 4.78 is 1.59. The molecule has 1 aromatic carbocycles. The molecule has 2 aromatic heterocycles. The van der Waals surface area contributed by atoms with Gasteiger partial charge in [-0.05, 0) is 43.8 Å². The van der Waals surface area contributed by atoms with E-state index in [4.69, 9.17) is 16.6 Å². The van der Waals surface area contributed by atoms with Crippen molar-refractivity contribution in [1.29, 1.82) is 0 Å². The molecule has 6 nitrogen and oxygen atoms in total. The second-order valence-corrected chi connectivity index (χ2v) is 7.52. The summed E-state index contributed by atoms with van der Waals surface area (Å²) >= 11 is 6.15. The zero-order valence-corrected chi connectivity index (χ0v) is 16.5. The van der Waals surface area contributed by atoms with Gasteiger partial charge in [0, 0.05) is 44.4 Å². The first kappa shape index (κ1) is 17.9. The van der Waals surface area contributed by atoms with Gasteiger partial charge in [0.1, 0.15) is 11.6 Å². The Morgan fingerprint density at radius 2 is 1.85 bits per heavy atom. The lowest BCUT2D eigenvalue weighted by atomic mass is 10.1. The first-order valence-electron chi connectivity index (χ1n) is 9.01. The van der Waals surface area contributed by atoms with Crippen molar-refractivity contribution in [3.63, 3.8) is 0 Å². The van der Waals surface area contributed by atoms with Crippen LogP contribution in [0.15, 0.2) is 35.3 Å². The van der Waals surface area contributed by atoms with Crippen molar-refractivity contribution >= 4 is 28.3 Å². The Kier molecular flexibility index (Phi) is 4.61. The van der Waals surface area contributed by atoms with Gasteiger partial charge in [-0.2, -0.15) is 0 Å². The van der Waals surface area contributed by atoms with E-state index < -0.39 is 0 Å². The van der Waals surface area contributed by atoms with Crippen LogP contribution in [0, 0.1) is 6.92 Å². The molecule has 0 atom stereocenters. The number of aromatic nitrogens is 3. The highest BCUT2D eigenvalue weighted by atomic mass is 35.5. The zero-order chi connectivity index (χ0) is 19.1. The summed E-state index contributed by atoms with van der Waals surface area (Å²) in [6, 6.07) is 7.40. The third-order valence-corrected chi connectivity index (χ3v) is 5.38. The van der Waals surface area contributed by atoms with Crippen LogP contribution in [-0.2, 0) is 7.05 Å². The van der Waals surface area contributed by atoms with E-state index >= 15 is 0 Å². The molecule has 0 unspecified atom stereocenters. The van der Waals surface area contributed by atoms with E-state index in [9.17, 15) is 4.79 Å². The molecule has 0 spiro atoms. The van der Waals surface area contributed by atoms with Gasteiger partial charge in [-0.3, -0.25) is 9.36 Å². The molecule has 4 rings (SSSR count). The molecule has 1 saturated heterocycles. The Labute approximate surface area is 163 Å². The molecule has 1 aliphatic rings. The molecule has 27 heavy (non-hydrogen) atoms. The largest absolute Gasteiger partial charge is 0.353 e. The Morgan fingerprint density at radius 3 is 2.59 bits per heavy atom. The van der Waals surface area contributed by atoms with Crippen LogP contribution in [0.2, 0.25) is 5.02 Å². The molecule has 0 amide bonds. The number of hydrogen-bond donors (Lipinski definition) is 0. The topological polar surface area (TPSA) is 54.3 Å². The van der Waals surface area contributed by atoms with Gasteiger partial charge < -0.3 is 9.80 Å². The highest BCUT2D eigenvalue weighted by Gasteiger charge is 2.21. The maximum absolute atomic E-state index is 13.0. The monoisotopic (exact) mass is 383 g/mol. The lowest BCUT2D eigenvalue weighted by Crippen LogP contribution is -2.45. The normalized spacial score (nSPS) is 15.5. The average molecular weight is 384 g/mol. The highest BCUT2D eigenvalue weighted by molar-refractivity contribution is 6.31. The summed E-state index contributed by atoms with van der Waals surface area (Å²) in [6.45, 7) is 5.69. The van der Waals surface area contributed by atoms with Crippen LogP contribution in [0.4, 0.5) is 5.82 Å². The van der Waals surface area contributed by atoms with Crippen LogP contribution in [0.25, 0.3) is 22.3 Å². The molecule has 0 saturated carbocycles. The minimum atomic E-state index is -0.103. The van der Waals surface area contributed by atoms with Gasteiger partial charge in [0.15, 0.2) is 0 Å². The van der Waals surface area contributed by atoms with Gasteiger partial charge in [0.2, 0.25) is 0 Å². The SMILES string of the molecule is Cc1cc(Cl)cc2c(=O)n(C)c(-c3cccnc3N3CCN(C)CC3)nc12. The Hall–Kier alpha value is -2.44. The smallest absolute Gasteiger partial charge is 0.261 e. The number of fused-ring (bicyclic) bond motifs is 1. The predicted octanol–water partition coefficient (Wildman–Crippen LogP) is 2.71. The van der Waals surface area contributed by atoms with E-state index in [0.717, 1.165) is 43.1 Å². The van der Waals surface area contributed by atoms with Gasteiger partial charge in [-0.25, -0.2) is 9.97 Å². The Bertz CT molecular complexity index is 1070. The van der Waals surface area contributed by atoms with E-state index in [-0.39, 0.29) is 5.56 Å². The fraction of sp³-hybridized carbons (Fsp3) is 0.350. The number of piperazine rings is 1. The van der Waals surface area contributed by atoms with Gasteiger partial charge in [0.05, 0.1) is 16.5 Å². The number of benzene rings is 1. The number of nitrogens with zero attached hydrogens (tertiary/aromatic N) is 5. The molecular formula is C20H22ClN5O. The van der Waals surface area contributed by atoms with Crippen LogP contribution in [-0.4, -0.2) is 52.7 Å². The molecule has 3 aromatic rings. The number of aryl methyl sites for hydroxylation is 1. The van der Waals surface area contributed by atoms with Crippen LogP contribution in [0.5, 0.6) is 0 Å². The van der Waals surface area contributed by atoms with Crippen LogP contribution in [0.3, 0.4) is 0 Å². The average Bonchev–Trinajstić information content (AvgIpc) is 2.66. The second kappa shape index (κ2) is 6.94. The zero-order valence-electron chi connectivity index (χ0n) is 15.7. The molecule has 7 heteroatoms. The maximum Gasteiger partial charge on any atom is 0.261 e. The maximum atomic E-state index is 13.0. The van der Waals surface area contributed by atoms with E-state index in [0.29, 0.717) is 21.7 Å². The van der Waals surface area contributed by atoms with E-state index in [1.807, 2.05) is 25.1 Å². The number of hydrogen-bond acceptors (Lipinski definition) is 5. The standard InChI is InChI=1S/C20H22ClN5O/c1-13-11-14(21)12-16-17(13)23-19(25(3)20(16)27)15-5-4-6-22-18(15)26-9-7-24(2)8-10-26/h4-6,11-12H,7-10H2,1-3H3. The van der Waals surface area contributed by atoms with E-state index in [2.05, 4.69) is 21.8 Å². The third kappa shape index (κ3) is 3.19. The fourth-order valence-electron chi connectivity index (χ4n) is 3.59. The molecule has 3 heterocycles. The van der Waals surface area contributed by atoms with Gasteiger partial charge >= 0.3 is 0 Å². The number of anilines is 1. The molecule has 1 fully saturated rings. The number of rotatable bonds is 2. The third-order valence-electron chi connectivity index (χ3n) is 5.17. The quantitative estimate of drug-likeness (QED) is 0.681. The Balaban J connectivity index is 1.91. The van der Waals surface area contributed by atoms with Crippen molar-refractivity contribution in [2.45, 2.75) is 6.92 Å². The number of halogens is 1. The fourth-order valence-corrected chi connectivity index (χ4v) is 3.86. The molecule has 0 bridgehead atoms. The minimum Gasteiger partial charge on any atom is -0.353 e. The summed E-state index contributed by atoms with van der Waals surface area (Å²) in [5.74, 6) is 1.50. The first-order chi connectivity index (χ1) is 13.0. The van der Waals surface area contributed by atoms with Gasteiger partial charge in [0.25, 0.3) is 5.56 Å². The summed E-state index contributed by atoms with van der Waals surface area (Å²) in [5.41, 5.74) is 2.35. The van der Waals surface area contributed by atoms with Crippen LogP contribution < -0.4 is 10.5 Å². The summed E-state index contributed by atoms with van der Waals surface area (Å²) in [4.78, 5) is 27.0. The van der Waals surface area contributed by atoms with Crippen LogP contribution in [0.1, 0.15) is 5.56 Å².